The Morgan fingerprint density at radius 2 is 2.11 bits per heavy atom. The van der Waals surface area contributed by atoms with Crippen molar-refractivity contribution in [3.8, 4) is 0 Å². The van der Waals surface area contributed by atoms with E-state index >= 15 is 0 Å². The Bertz CT molecular complexity index is 580. The zero-order chi connectivity index (χ0) is 13.2. The number of nitrogens with two attached hydrogens (primary N) is 1. The van der Waals surface area contributed by atoms with E-state index in [0.717, 1.165) is 12.0 Å². The third kappa shape index (κ3) is 2.10. The number of nitrogens with one attached hydrogen (secondary N) is 1. The van der Waals surface area contributed by atoms with Crippen molar-refractivity contribution in [2.24, 2.45) is 0 Å². The molecule has 19 heavy (non-hydrogen) atoms. The molecule has 1 aromatic carbocycles. The lowest BCUT2D eigenvalue weighted by Gasteiger charge is -2.25. The van der Waals surface area contributed by atoms with Crippen LogP contribution in [0.15, 0.2) is 42.6 Å². The van der Waals surface area contributed by atoms with Crippen molar-refractivity contribution in [2.45, 2.75) is 24.8 Å². The molecule has 2 atom stereocenters. The van der Waals surface area contributed by atoms with Gasteiger partial charge in [0.15, 0.2) is 0 Å². The molecule has 2 aromatic rings. The van der Waals surface area contributed by atoms with E-state index in [2.05, 4.69) is 40.6 Å². The molecular formula is C16H19N3. The number of aryl methyl sites for hydroxylation is 1. The summed E-state index contributed by atoms with van der Waals surface area (Å²) in [6.07, 6.45) is 4.06. The fourth-order valence-electron chi connectivity index (χ4n) is 3.20. The number of aromatic nitrogens is 1. The van der Waals surface area contributed by atoms with Crippen LogP contribution in [0.3, 0.4) is 0 Å². The van der Waals surface area contributed by atoms with Crippen LogP contribution >= 0.6 is 0 Å². The number of fused-ring (bicyclic) bond motifs is 1. The van der Waals surface area contributed by atoms with E-state index in [0.29, 0.717) is 11.7 Å². The first-order chi connectivity index (χ1) is 9.31. The minimum Gasteiger partial charge on any atom is -0.383 e. The van der Waals surface area contributed by atoms with Gasteiger partial charge in [-0.3, -0.25) is 0 Å². The van der Waals surface area contributed by atoms with Crippen molar-refractivity contribution in [2.75, 3.05) is 12.8 Å². The molecule has 0 saturated carbocycles. The molecule has 1 aliphatic rings. The summed E-state index contributed by atoms with van der Waals surface area (Å²) in [4.78, 5) is 4.21. The molecule has 1 heterocycles. The van der Waals surface area contributed by atoms with E-state index in [1.165, 1.54) is 17.5 Å². The number of hydrogen-bond donors (Lipinski definition) is 2. The lowest BCUT2D eigenvalue weighted by atomic mass is 9.88. The van der Waals surface area contributed by atoms with Crippen LogP contribution in [0.5, 0.6) is 0 Å². The lowest BCUT2D eigenvalue weighted by Crippen LogP contribution is -2.24. The minimum atomic E-state index is 0.234. The van der Waals surface area contributed by atoms with Crippen LogP contribution in [0.4, 0.5) is 5.82 Å². The highest BCUT2D eigenvalue weighted by Crippen LogP contribution is 2.42. The molecule has 0 radical (unpaired) electrons. The van der Waals surface area contributed by atoms with Crippen molar-refractivity contribution < 1.29 is 0 Å². The van der Waals surface area contributed by atoms with E-state index in [-0.39, 0.29) is 6.04 Å². The first-order valence-corrected chi connectivity index (χ1v) is 6.76. The van der Waals surface area contributed by atoms with Gasteiger partial charge in [-0.25, -0.2) is 4.98 Å². The molecule has 0 bridgehead atoms. The van der Waals surface area contributed by atoms with Crippen LogP contribution in [-0.2, 0) is 6.42 Å². The fourth-order valence-corrected chi connectivity index (χ4v) is 3.20. The summed E-state index contributed by atoms with van der Waals surface area (Å²) in [6.45, 7) is 0. The van der Waals surface area contributed by atoms with Gasteiger partial charge in [0, 0.05) is 23.7 Å². The molecule has 1 aromatic heterocycles. The number of benzene rings is 1. The molecule has 3 N–H and O–H groups in total. The van der Waals surface area contributed by atoms with Crippen molar-refractivity contribution in [3.05, 3.63) is 59.3 Å². The second-order valence-corrected chi connectivity index (χ2v) is 5.09. The number of hydrogen-bond acceptors (Lipinski definition) is 3. The van der Waals surface area contributed by atoms with Crippen LogP contribution in [-0.4, -0.2) is 12.0 Å². The maximum absolute atomic E-state index is 6.03. The fraction of sp³-hybridized carbons (Fsp3) is 0.312. The summed E-state index contributed by atoms with van der Waals surface area (Å²) >= 11 is 0. The van der Waals surface area contributed by atoms with Gasteiger partial charge in [-0.1, -0.05) is 30.3 Å². The van der Waals surface area contributed by atoms with E-state index in [1.54, 1.807) is 6.20 Å². The first-order valence-electron chi connectivity index (χ1n) is 6.76. The van der Waals surface area contributed by atoms with Gasteiger partial charge < -0.3 is 11.1 Å². The van der Waals surface area contributed by atoms with Crippen LogP contribution in [0, 0.1) is 0 Å². The van der Waals surface area contributed by atoms with Gasteiger partial charge >= 0.3 is 0 Å². The molecule has 0 fully saturated rings. The molecule has 0 spiro atoms. The SMILES string of the molecule is CNC(c1cccnc1N)C1CCc2ccccc21. The molecule has 3 heteroatoms. The van der Waals surface area contributed by atoms with Gasteiger partial charge in [-0.15, -0.1) is 0 Å². The predicted octanol–water partition coefficient (Wildman–Crippen LogP) is 2.65. The highest BCUT2D eigenvalue weighted by Gasteiger charge is 2.30. The Hall–Kier alpha value is -1.87. The van der Waals surface area contributed by atoms with Crippen LogP contribution in [0.1, 0.15) is 35.1 Å². The van der Waals surface area contributed by atoms with Crippen LogP contribution in [0.2, 0.25) is 0 Å². The third-order valence-electron chi connectivity index (χ3n) is 4.10. The van der Waals surface area contributed by atoms with Gasteiger partial charge in [0.1, 0.15) is 5.82 Å². The molecule has 2 unspecified atom stereocenters. The minimum absolute atomic E-state index is 0.234. The number of likely N-dealkylation sites (N-methyl/N-ethyl adjacent to an activating group) is 1. The molecule has 0 saturated heterocycles. The molecule has 3 nitrogen and oxygen atoms in total. The number of nitrogen functional groups attached to an aromatic ring is 1. The van der Waals surface area contributed by atoms with Crippen molar-refractivity contribution in [1.82, 2.24) is 10.3 Å². The second-order valence-electron chi connectivity index (χ2n) is 5.09. The highest BCUT2D eigenvalue weighted by molar-refractivity contribution is 5.45. The average molecular weight is 253 g/mol. The number of anilines is 1. The van der Waals surface area contributed by atoms with Crippen molar-refractivity contribution in [1.29, 1.82) is 0 Å². The molecule has 98 valence electrons. The Balaban J connectivity index is 1.99. The summed E-state index contributed by atoms with van der Waals surface area (Å²) in [5.74, 6) is 1.11. The second kappa shape index (κ2) is 5.02. The zero-order valence-corrected chi connectivity index (χ0v) is 11.1. The highest BCUT2D eigenvalue weighted by atomic mass is 14.9. The summed E-state index contributed by atoms with van der Waals surface area (Å²) in [6, 6.07) is 13.0. The lowest BCUT2D eigenvalue weighted by molar-refractivity contribution is 0.477. The summed E-state index contributed by atoms with van der Waals surface area (Å²) in [5.41, 5.74) is 10.1. The van der Waals surface area contributed by atoms with E-state index < -0.39 is 0 Å². The smallest absolute Gasteiger partial charge is 0.128 e. The van der Waals surface area contributed by atoms with E-state index in [1.807, 2.05) is 13.1 Å². The summed E-state index contributed by atoms with van der Waals surface area (Å²) in [7, 11) is 2.00. The Morgan fingerprint density at radius 1 is 1.26 bits per heavy atom. The Labute approximate surface area is 113 Å². The Morgan fingerprint density at radius 3 is 2.89 bits per heavy atom. The monoisotopic (exact) mass is 253 g/mol. The number of rotatable bonds is 3. The third-order valence-corrected chi connectivity index (χ3v) is 4.10. The molecule has 0 aliphatic heterocycles. The molecule has 1 aliphatic carbocycles. The summed E-state index contributed by atoms with van der Waals surface area (Å²) in [5, 5.41) is 3.42. The Kier molecular flexibility index (Phi) is 3.22. The van der Waals surface area contributed by atoms with Crippen molar-refractivity contribution >= 4 is 5.82 Å². The molecule has 0 amide bonds. The van der Waals surface area contributed by atoms with Gasteiger partial charge in [-0.05, 0) is 37.1 Å². The van der Waals surface area contributed by atoms with E-state index in [4.69, 9.17) is 5.73 Å². The predicted molar refractivity (Wildman–Crippen MR) is 78.0 cm³/mol. The maximum atomic E-state index is 6.03. The van der Waals surface area contributed by atoms with Gasteiger partial charge in [0.25, 0.3) is 0 Å². The summed E-state index contributed by atoms with van der Waals surface area (Å²) < 4.78 is 0. The average Bonchev–Trinajstić information content (AvgIpc) is 2.86. The van der Waals surface area contributed by atoms with Gasteiger partial charge in [-0.2, -0.15) is 0 Å². The van der Waals surface area contributed by atoms with Crippen molar-refractivity contribution in [3.63, 3.8) is 0 Å². The maximum Gasteiger partial charge on any atom is 0.128 e. The number of pyridine rings is 1. The number of nitrogens with zero attached hydrogens (tertiary/aromatic N) is 1. The molecule has 3 rings (SSSR count). The molecular weight excluding hydrogens is 234 g/mol. The van der Waals surface area contributed by atoms with Crippen LogP contribution in [0.25, 0.3) is 0 Å². The topological polar surface area (TPSA) is 50.9 Å². The quantitative estimate of drug-likeness (QED) is 0.884. The van der Waals surface area contributed by atoms with E-state index in [9.17, 15) is 0 Å². The van der Waals surface area contributed by atoms with Gasteiger partial charge in [0.05, 0.1) is 0 Å². The van der Waals surface area contributed by atoms with Gasteiger partial charge in [0.2, 0.25) is 0 Å². The van der Waals surface area contributed by atoms with Crippen LogP contribution < -0.4 is 11.1 Å². The normalized spacial score (nSPS) is 19.1. The first kappa shape index (κ1) is 12.2. The standard InChI is InChI=1S/C16H19N3/c1-18-15(14-7-4-10-19-16(14)17)13-9-8-11-5-2-3-6-12(11)13/h2-7,10,13,15,18H,8-9H2,1H3,(H2,17,19). The largest absolute Gasteiger partial charge is 0.383 e. The zero-order valence-electron chi connectivity index (χ0n) is 11.1.